The van der Waals surface area contributed by atoms with E-state index < -0.39 is 12.1 Å². The number of Topliss-reactive ketones (excluding diaryl/α,β-unsaturated/α-hetero) is 1. The minimum Gasteiger partial charge on any atom is -0.458 e. The highest BCUT2D eigenvalue weighted by Crippen LogP contribution is 2.61. The Balaban J connectivity index is 1.85. The van der Waals surface area contributed by atoms with Crippen LogP contribution >= 0.6 is 0 Å². The summed E-state index contributed by atoms with van der Waals surface area (Å²) >= 11 is 0. The summed E-state index contributed by atoms with van der Waals surface area (Å²) in [5.74, 6) is -0.672. The average molecular weight is 348 g/mol. The Kier molecular flexibility index (Phi) is 4.54. The van der Waals surface area contributed by atoms with Gasteiger partial charge in [-0.05, 0) is 42.4 Å². The first kappa shape index (κ1) is 18.2. The molecule has 138 valence electrons. The number of hydrogen-bond donors (Lipinski definition) is 0. The van der Waals surface area contributed by atoms with Crippen molar-refractivity contribution >= 4 is 17.7 Å². The minimum absolute atomic E-state index is 0.00519. The summed E-state index contributed by atoms with van der Waals surface area (Å²) in [4.78, 5) is 35.8. The van der Waals surface area contributed by atoms with Gasteiger partial charge in [-0.25, -0.2) is 4.79 Å². The number of allylic oxidation sites excluding steroid dienone is 1. The van der Waals surface area contributed by atoms with Crippen molar-refractivity contribution in [2.75, 3.05) is 6.61 Å². The highest BCUT2D eigenvalue weighted by molar-refractivity contribution is 5.95. The number of hydrogen-bond acceptors (Lipinski definition) is 5. The van der Waals surface area contributed by atoms with Crippen molar-refractivity contribution in [3.05, 3.63) is 11.6 Å². The molecule has 2 aliphatic carbocycles. The molecule has 0 bridgehead atoms. The molecule has 0 unspecified atom stereocenters. The molecular weight excluding hydrogens is 320 g/mol. The van der Waals surface area contributed by atoms with Crippen molar-refractivity contribution in [2.24, 2.45) is 22.7 Å². The summed E-state index contributed by atoms with van der Waals surface area (Å²) in [6.45, 7) is 7.85. The van der Waals surface area contributed by atoms with E-state index in [-0.39, 0.29) is 35.1 Å². The second-order valence-corrected chi connectivity index (χ2v) is 8.72. The van der Waals surface area contributed by atoms with E-state index in [1.807, 2.05) is 6.08 Å². The smallest absolute Gasteiger partial charge is 0.334 e. The van der Waals surface area contributed by atoms with E-state index in [1.165, 1.54) is 13.3 Å². The van der Waals surface area contributed by atoms with Gasteiger partial charge in [-0.15, -0.1) is 0 Å². The van der Waals surface area contributed by atoms with Gasteiger partial charge in [-0.2, -0.15) is 0 Å². The molecule has 0 aromatic carbocycles. The van der Waals surface area contributed by atoms with Crippen LogP contribution in [0.2, 0.25) is 0 Å². The molecule has 0 spiro atoms. The van der Waals surface area contributed by atoms with E-state index in [0.717, 1.165) is 24.8 Å². The first-order valence-electron chi connectivity index (χ1n) is 9.22. The quantitative estimate of drug-likeness (QED) is 0.733. The van der Waals surface area contributed by atoms with Gasteiger partial charge in [0.25, 0.3) is 0 Å². The van der Waals surface area contributed by atoms with Crippen LogP contribution in [0.3, 0.4) is 0 Å². The van der Waals surface area contributed by atoms with Crippen LogP contribution in [-0.4, -0.2) is 30.4 Å². The average Bonchev–Trinajstić information content (AvgIpc) is 2.52. The molecule has 0 aromatic rings. The van der Waals surface area contributed by atoms with Crippen molar-refractivity contribution in [3.8, 4) is 0 Å². The van der Waals surface area contributed by atoms with Crippen LogP contribution in [0.4, 0.5) is 0 Å². The van der Waals surface area contributed by atoms with Gasteiger partial charge in [-0.1, -0.05) is 33.3 Å². The molecule has 25 heavy (non-hydrogen) atoms. The van der Waals surface area contributed by atoms with Crippen LogP contribution in [0, 0.1) is 22.7 Å². The lowest BCUT2D eigenvalue weighted by Crippen LogP contribution is -2.53. The molecule has 1 saturated heterocycles. The highest BCUT2D eigenvalue weighted by atomic mass is 16.6. The molecule has 3 rings (SSSR count). The first-order chi connectivity index (χ1) is 11.6. The van der Waals surface area contributed by atoms with Gasteiger partial charge in [-0.3, -0.25) is 9.59 Å². The lowest BCUT2D eigenvalue weighted by atomic mass is 9.47. The Morgan fingerprint density at radius 2 is 2.00 bits per heavy atom. The van der Waals surface area contributed by atoms with Gasteiger partial charge in [0.2, 0.25) is 5.78 Å². The molecular formula is C20H28O5. The van der Waals surface area contributed by atoms with E-state index in [0.29, 0.717) is 12.3 Å². The Hall–Kier alpha value is -1.65. The number of rotatable bonds is 3. The van der Waals surface area contributed by atoms with Crippen LogP contribution in [0.25, 0.3) is 0 Å². The number of fused-ring (bicyclic) bond motifs is 3. The normalized spacial score (nSPS) is 36.4. The van der Waals surface area contributed by atoms with Gasteiger partial charge in [0, 0.05) is 18.4 Å². The van der Waals surface area contributed by atoms with Crippen molar-refractivity contribution in [2.45, 2.75) is 65.9 Å². The first-order valence-corrected chi connectivity index (χ1v) is 9.22. The predicted molar refractivity (Wildman–Crippen MR) is 91.6 cm³/mol. The lowest BCUT2D eigenvalue weighted by molar-refractivity contribution is -0.165. The molecule has 0 radical (unpaired) electrons. The van der Waals surface area contributed by atoms with Gasteiger partial charge in [0.15, 0.2) is 12.7 Å². The summed E-state index contributed by atoms with van der Waals surface area (Å²) in [5.41, 5.74) is 0.978. The second-order valence-electron chi connectivity index (χ2n) is 8.72. The summed E-state index contributed by atoms with van der Waals surface area (Å²) in [6, 6.07) is 0. The number of cyclic esters (lactones) is 1. The fourth-order valence-corrected chi connectivity index (χ4v) is 5.46. The Bertz CT molecular complexity index is 632. The van der Waals surface area contributed by atoms with E-state index in [1.54, 1.807) is 0 Å². The molecule has 1 aliphatic heterocycles. The van der Waals surface area contributed by atoms with Gasteiger partial charge >= 0.3 is 11.9 Å². The minimum atomic E-state index is -0.811. The molecule has 2 fully saturated rings. The maximum atomic E-state index is 12.5. The Morgan fingerprint density at radius 3 is 2.68 bits per heavy atom. The third kappa shape index (κ3) is 3.13. The van der Waals surface area contributed by atoms with Crippen molar-refractivity contribution in [1.29, 1.82) is 0 Å². The SMILES string of the molecule is CC(=O)OCC(=O)[C@H]1C[C@H]2C(=CC[C@H]3C(C)(C)CCC[C@]23C)C(=O)O1. The van der Waals surface area contributed by atoms with Crippen LogP contribution < -0.4 is 0 Å². The number of esters is 2. The van der Waals surface area contributed by atoms with Crippen molar-refractivity contribution < 1.29 is 23.9 Å². The predicted octanol–water partition coefficient (Wildman–Crippen LogP) is 3.21. The van der Waals surface area contributed by atoms with E-state index in [9.17, 15) is 14.4 Å². The van der Waals surface area contributed by atoms with Crippen molar-refractivity contribution in [3.63, 3.8) is 0 Å². The number of ketones is 1. The number of ether oxygens (including phenoxy) is 2. The monoisotopic (exact) mass is 348 g/mol. The summed E-state index contributed by atoms with van der Waals surface area (Å²) < 4.78 is 10.2. The fraction of sp³-hybridized carbons (Fsp3) is 0.750. The Morgan fingerprint density at radius 1 is 1.28 bits per heavy atom. The molecule has 0 aromatic heterocycles. The zero-order valence-corrected chi connectivity index (χ0v) is 15.6. The van der Waals surface area contributed by atoms with Crippen LogP contribution in [-0.2, 0) is 23.9 Å². The maximum Gasteiger partial charge on any atom is 0.334 e. The molecule has 4 atom stereocenters. The molecule has 3 aliphatic rings. The summed E-state index contributed by atoms with van der Waals surface area (Å²) in [5, 5.41) is 0. The third-order valence-electron chi connectivity index (χ3n) is 6.73. The molecule has 0 amide bonds. The van der Waals surface area contributed by atoms with E-state index >= 15 is 0 Å². The second kappa shape index (κ2) is 6.26. The molecule has 1 heterocycles. The topological polar surface area (TPSA) is 69.7 Å². The van der Waals surface area contributed by atoms with Crippen LogP contribution in [0.1, 0.15) is 59.8 Å². The number of carbonyl (C=O) groups excluding carboxylic acids is 3. The van der Waals surface area contributed by atoms with Crippen LogP contribution in [0.15, 0.2) is 11.6 Å². The lowest BCUT2D eigenvalue weighted by Gasteiger charge is -2.57. The molecule has 5 heteroatoms. The zero-order valence-electron chi connectivity index (χ0n) is 15.6. The highest BCUT2D eigenvalue weighted by Gasteiger charge is 2.56. The molecule has 0 N–H and O–H groups in total. The fourth-order valence-electron chi connectivity index (χ4n) is 5.46. The number of carbonyl (C=O) groups is 3. The van der Waals surface area contributed by atoms with Gasteiger partial charge in [0.1, 0.15) is 0 Å². The third-order valence-corrected chi connectivity index (χ3v) is 6.73. The van der Waals surface area contributed by atoms with E-state index in [4.69, 9.17) is 9.47 Å². The van der Waals surface area contributed by atoms with Crippen LogP contribution in [0.5, 0.6) is 0 Å². The molecule has 5 nitrogen and oxygen atoms in total. The zero-order chi connectivity index (χ0) is 18.4. The maximum absolute atomic E-state index is 12.5. The molecule has 1 saturated carbocycles. The van der Waals surface area contributed by atoms with Gasteiger partial charge in [0.05, 0.1) is 0 Å². The van der Waals surface area contributed by atoms with Crippen molar-refractivity contribution in [1.82, 2.24) is 0 Å². The Labute approximate surface area is 149 Å². The van der Waals surface area contributed by atoms with E-state index in [2.05, 4.69) is 20.8 Å². The summed E-state index contributed by atoms with van der Waals surface area (Å²) in [6.07, 6.45) is 6.04. The summed E-state index contributed by atoms with van der Waals surface area (Å²) in [7, 11) is 0. The van der Waals surface area contributed by atoms with Gasteiger partial charge < -0.3 is 9.47 Å². The standard InChI is InChI=1S/C20H28O5/c1-12(21)24-11-15(22)16-10-14-13(18(23)25-16)6-7-17-19(2,3)8-5-9-20(14,17)4/h6,14,16-17H,5,7-11H2,1-4H3/t14-,16+,17-,20+/m0/s1. The largest absolute Gasteiger partial charge is 0.458 e.